The normalized spacial score (nSPS) is 18.0. The fourth-order valence-corrected chi connectivity index (χ4v) is 4.47. The highest BCUT2D eigenvalue weighted by Gasteiger charge is 2.26. The van der Waals surface area contributed by atoms with Crippen LogP contribution in [0.15, 0.2) is 48.0 Å². The van der Waals surface area contributed by atoms with Crippen molar-refractivity contribution in [2.24, 2.45) is 0 Å². The summed E-state index contributed by atoms with van der Waals surface area (Å²) in [4.78, 5) is 0. The molecule has 4 rings (SSSR count). The molecule has 2 aliphatic carbocycles. The lowest BCUT2D eigenvalue weighted by Crippen LogP contribution is -2.13. The number of rotatable bonds is 4. The van der Waals surface area contributed by atoms with E-state index in [-0.39, 0.29) is 5.41 Å². The number of unbranched alkanes of at least 4 members (excludes halogenated alkanes) is 1. The summed E-state index contributed by atoms with van der Waals surface area (Å²) in [5.74, 6) is 0.400. The van der Waals surface area contributed by atoms with Crippen molar-refractivity contribution >= 4 is 12.2 Å². The van der Waals surface area contributed by atoms with Crippen LogP contribution in [0.5, 0.6) is 0 Å². The van der Waals surface area contributed by atoms with E-state index < -0.39 is 0 Å². The van der Waals surface area contributed by atoms with Gasteiger partial charge in [-0.25, -0.2) is 0 Å². The topological polar surface area (TPSA) is 0 Å². The van der Waals surface area contributed by atoms with Gasteiger partial charge in [-0.3, -0.25) is 0 Å². The molecule has 2 aromatic rings. The molecule has 0 heterocycles. The molecule has 1 atom stereocenters. The number of hydrogen-bond donors (Lipinski definition) is 0. The minimum Gasteiger partial charge on any atom is -0.0720 e. The van der Waals surface area contributed by atoms with E-state index in [1.54, 1.807) is 5.57 Å². The zero-order chi connectivity index (χ0) is 18.3. The van der Waals surface area contributed by atoms with Crippen LogP contribution >= 0.6 is 0 Å². The van der Waals surface area contributed by atoms with Crippen molar-refractivity contribution in [3.05, 3.63) is 81.4 Å². The molecule has 0 nitrogen and oxygen atoms in total. The minimum absolute atomic E-state index is 0.181. The summed E-state index contributed by atoms with van der Waals surface area (Å²) in [7, 11) is 0. The van der Waals surface area contributed by atoms with E-state index in [1.165, 1.54) is 52.6 Å². The van der Waals surface area contributed by atoms with Gasteiger partial charge >= 0.3 is 0 Å². The first-order chi connectivity index (χ1) is 12.5. The first-order valence-corrected chi connectivity index (χ1v) is 10.1. The summed E-state index contributed by atoms with van der Waals surface area (Å²) in [6.45, 7) is 9.20. The lowest BCUT2D eigenvalue weighted by molar-refractivity contribution is 0.588. The molecule has 0 aliphatic heterocycles. The molecular weight excluding hydrogens is 312 g/mol. The quantitative estimate of drug-likeness (QED) is 0.548. The van der Waals surface area contributed by atoms with E-state index in [0.717, 1.165) is 6.42 Å². The highest BCUT2D eigenvalue weighted by Crippen LogP contribution is 2.41. The molecule has 0 bridgehead atoms. The monoisotopic (exact) mass is 342 g/mol. The van der Waals surface area contributed by atoms with Gasteiger partial charge in [0.15, 0.2) is 0 Å². The number of allylic oxidation sites excluding steroid dienone is 2. The zero-order valence-corrected chi connectivity index (χ0v) is 16.6. The molecule has 0 fully saturated rings. The molecule has 26 heavy (non-hydrogen) atoms. The van der Waals surface area contributed by atoms with E-state index in [2.05, 4.69) is 82.3 Å². The third-order valence-corrected chi connectivity index (χ3v) is 5.89. The molecule has 1 unspecified atom stereocenters. The molecule has 0 saturated carbocycles. The summed E-state index contributed by atoms with van der Waals surface area (Å²) in [6.07, 6.45) is 12.1. The van der Waals surface area contributed by atoms with Crippen LogP contribution in [-0.2, 0) is 11.8 Å². The van der Waals surface area contributed by atoms with Gasteiger partial charge in [-0.1, -0.05) is 94.3 Å². The van der Waals surface area contributed by atoms with Crippen molar-refractivity contribution < 1.29 is 0 Å². The smallest absolute Gasteiger partial charge is 0.0278 e. The van der Waals surface area contributed by atoms with Crippen molar-refractivity contribution in [3.63, 3.8) is 0 Å². The van der Waals surface area contributed by atoms with Gasteiger partial charge in [-0.05, 0) is 58.1 Å². The van der Waals surface area contributed by atoms with Crippen molar-refractivity contribution in [1.29, 1.82) is 0 Å². The van der Waals surface area contributed by atoms with Gasteiger partial charge in [0.2, 0.25) is 0 Å². The van der Waals surface area contributed by atoms with Gasteiger partial charge in [0.25, 0.3) is 0 Å². The van der Waals surface area contributed by atoms with Crippen LogP contribution in [0.25, 0.3) is 12.2 Å². The second-order valence-corrected chi connectivity index (χ2v) is 8.94. The van der Waals surface area contributed by atoms with Crippen LogP contribution < -0.4 is 0 Å². The Morgan fingerprint density at radius 1 is 1.08 bits per heavy atom. The van der Waals surface area contributed by atoms with Crippen LogP contribution in [0.1, 0.15) is 86.3 Å². The van der Waals surface area contributed by atoms with Gasteiger partial charge in [0.05, 0.1) is 0 Å². The van der Waals surface area contributed by atoms with Crippen LogP contribution in [0.3, 0.4) is 0 Å². The van der Waals surface area contributed by atoms with Gasteiger partial charge < -0.3 is 0 Å². The second kappa shape index (κ2) is 6.58. The van der Waals surface area contributed by atoms with Crippen molar-refractivity contribution in [2.45, 2.75) is 64.7 Å². The number of fused-ring (bicyclic) bond motifs is 2. The van der Waals surface area contributed by atoms with E-state index in [1.807, 2.05) is 0 Å². The predicted molar refractivity (Wildman–Crippen MR) is 114 cm³/mol. The minimum atomic E-state index is 0.181. The zero-order valence-electron chi connectivity index (χ0n) is 16.6. The lowest BCUT2D eigenvalue weighted by atomic mass is 9.81. The largest absolute Gasteiger partial charge is 0.0720 e. The number of hydrogen-bond acceptors (Lipinski definition) is 0. The van der Waals surface area contributed by atoms with Crippen molar-refractivity contribution in [3.8, 4) is 0 Å². The van der Waals surface area contributed by atoms with Crippen molar-refractivity contribution in [1.82, 2.24) is 0 Å². The summed E-state index contributed by atoms with van der Waals surface area (Å²) < 4.78 is 0. The average Bonchev–Trinajstić information content (AvgIpc) is 3.21. The molecule has 0 amide bonds. The molecule has 0 heteroatoms. The summed E-state index contributed by atoms with van der Waals surface area (Å²) in [5.41, 5.74) is 10.5. The van der Waals surface area contributed by atoms with Crippen LogP contribution in [0.2, 0.25) is 0 Å². The fraction of sp³-hybridized carbons (Fsp3) is 0.385. The maximum atomic E-state index is 2.46. The first-order valence-electron chi connectivity index (χ1n) is 10.1. The van der Waals surface area contributed by atoms with E-state index >= 15 is 0 Å². The molecule has 134 valence electrons. The van der Waals surface area contributed by atoms with Gasteiger partial charge in [0.1, 0.15) is 0 Å². The molecule has 0 aromatic heterocycles. The Morgan fingerprint density at radius 3 is 2.69 bits per heavy atom. The molecular formula is C26H30. The fourth-order valence-electron chi connectivity index (χ4n) is 4.47. The van der Waals surface area contributed by atoms with E-state index in [4.69, 9.17) is 0 Å². The van der Waals surface area contributed by atoms with Gasteiger partial charge in [-0.2, -0.15) is 0 Å². The SMILES string of the molecule is CCCCC1=Cc2ccc(C3C=Cc4c3cccc4C(C)(C)C)cc2C1. The van der Waals surface area contributed by atoms with E-state index in [9.17, 15) is 0 Å². The van der Waals surface area contributed by atoms with Gasteiger partial charge in [-0.15, -0.1) is 0 Å². The Labute approximate surface area is 158 Å². The summed E-state index contributed by atoms with van der Waals surface area (Å²) in [5, 5.41) is 0. The van der Waals surface area contributed by atoms with Crippen LogP contribution in [-0.4, -0.2) is 0 Å². The number of benzene rings is 2. The molecule has 2 aliphatic rings. The van der Waals surface area contributed by atoms with E-state index in [0.29, 0.717) is 5.92 Å². The summed E-state index contributed by atoms with van der Waals surface area (Å²) >= 11 is 0. The average molecular weight is 343 g/mol. The van der Waals surface area contributed by atoms with Gasteiger partial charge in [0, 0.05) is 5.92 Å². The highest BCUT2D eigenvalue weighted by atomic mass is 14.3. The molecule has 0 saturated heterocycles. The maximum Gasteiger partial charge on any atom is 0.0278 e. The van der Waals surface area contributed by atoms with Crippen molar-refractivity contribution in [2.75, 3.05) is 0 Å². The molecule has 2 aromatic carbocycles. The Bertz CT molecular complexity index is 887. The Balaban J connectivity index is 1.63. The van der Waals surface area contributed by atoms with Crippen LogP contribution in [0, 0.1) is 0 Å². The standard InChI is InChI=1S/C26H30/c1-5-6-8-18-15-19-11-12-20(17-21(19)16-18)22-13-14-24-23(22)9-7-10-25(24)26(2,3)4/h7,9-15,17,22H,5-6,8,16H2,1-4H3. The third kappa shape index (κ3) is 3.07. The molecule has 0 radical (unpaired) electrons. The Kier molecular flexibility index (Phi) is 4.39. The Morgan fingerprint density at radius 2 is 1.92 bits per heavy atom. The maximum absolute atomic E-state index is 2.46. The molecule has 0 spiro atoms. The molecule has 0 N–H and O–H groups in total. The first kappa shape index (κ1) is 17.3. The predicted octanol–water partition coefficient (Wildman–Crippen LogP) is 7.27. The highest BCUT2D eigenvalue weighted by molar-refractivity contribution is 5.70. The second-order valence-electron chi connectivity index (χ2n) is 8.94. The Hall–Kier alpha value is -2.08. The van der Waals surface area contributed by atoms with Crippen LogP contribution in [0.4, 0.5) is 0 Å². The summed E-state index contributed by atoms with van der Waals surface area (Å²) in [6, 6.07) is 14.0. The lowest BCUT2D eigenvalue weighted by Gasteiger charge is -2.23. The third-order valence-electron chi connectivity index (χ3n) is 5.89.